The van der Waals surface area contributed by atoms with Crippen molar-refractivity contribution in [2.45, 2.75) is 52.5 Å². The van der Waals surface area contributed by atoms with Crippen LogP contribution >= 0.6 is 11.6 Å². The van der Waals surface area contributed by atoms with Crippen molar-refractivity contribution in [2.75, 3.05) is 11.4 Å². The SMILES string of the molecule is CC1CCC(C)N(c2cc(Cl)nc(C(C)C)n2)C1. The number of nitrogens with zero attached hydrogens (tertiary/aromatic N) is 3. The van der Waals surface area contributed by atoms with Gasteiger partial charge in [-0.25, -0.2) is 9.97 Å². The van der Waals surface area contributed by atoms with Crippen LogP contribution in [0.3, 0.4) is 0 Å². The monoisotopic (exact) mass is 267 g/mol. The molecular formula is C14H22ClN3. The van der Waals surface area contributed by atoms with Crippen LogP contribution in [0.25, 0.3) is 0 Å². The zero-order chi connectivity index (χ0) is 13.3. The Labute approximate surface area is 115 Å². The van der Waals surface area contributed by atoms with Crippen LogP contribution in [-0.2, 0) is 0 Å². The van der Waals surface area contributed by atoms with E-state index in [0.717, 1.165) is 24.1 Å². The van der Waals surface area contributed by atoms with Gasteiger partial charge in [-0.15, -0.1) is 0 Å². The average molecular weight is 268 g/mol. The van der Waals surface area contributed by atoms with Gasteiger partial charge in [0, 0.05) is 24.6 Å². The average Bonchev–Trinajstić information content (AvgIpc) is 2.31. The fraction of sp³-hybridized carbons (Fsp3) is 0.714. The van der Waals surface area contributed by atoms with E-state index in [2.05, 4.69) is 42.6 Å². The molecule has 0 aliphatic carbocycles. The van der Waals surface area contributed by atoms with Gasteiger partial charge < -0.3 is 4.90 Å². The number of aromatic nitrogens is 2. The van der Waals surface area contributed by atoms with Gasteiger partial charge in [-0.2, -0.15) is 0 Å². The maximum absolute atomic E-state index is 6.12. The molecule has 1 saturated heterocycles. The molecule has 1 aliphatic rings. The zero-order valence-corrected chi connectivity index (χ0v) is 12.4. The Kier molecular flexibility index (Phi) is 4.10. The molecule has 0 radical (unpaired) electrons. The highest BCUT2D eigenvalue weighted by atomic mass is 35.5. The van der Waals surface area contributed by atoms with Gasteiger partial charge in [-0.3, -0.25) is 0 Å². The van der Waals surface area contributed by atoms with Gasteiger partial charge in [0.2, 0.25) is 0 Å². The van der Waals surface area contributed by atoms with Crippen LogP contribution in [0, 0.1) is 5.92 Å². The second-order valence-electron chi connectivity index (χ2n) is 5.75. The molecule has 2 unspecified atom stereocenters. The molecule has 2 atom stereocenters. The first-order chi connectivity index (χ1) is 8.47. The molecule has 0 saturated carbocycles. The van der Waals surface area contributed by atoms with E-state index < -0.39 is 0 Å². The van der Waals surface area contributed by atoms with Crippen molar-refractivity contribution < 1.29 is 0 Å². The van der Waals surface area contributed by atoms with Crippen LogP contribution < -0.4 is 4.90 Å². The first kappa shape index (κ1) is 13.6. The fourth-order valence-electron chi connectivity index (χ4n) is 2.44. The maximum Gasteiger partial charge on any atom is 0.135 e. The molecule has 2 rings (SSSR count). The Hall–Kier alpha value is -0.830. The number of piperidine rings is 1. The third-order valence-corrected chi connectivity index (χ3v) is 3.82. The van der Waals surface area contributed by atoms with Crippen molar-refractivity contribution in [3.8, 4) is 0 Å². The van der Waals surface area contributed by atoms with Crippen LogP contribution in [0.2, 0.25) is 5.15 Å². The molecule has 1 fully saturated rings. The lowest BCUT2D eigenvalue weighted by Gasteiger charge is -2.37. The smallest absolute Gasteiger partial charge is 0.135 e. The Morgan fingerprint density at radius 3 is 2.67 bits per heavy atom. The summed E-state index contributed by atoms with van der Waals surface area (Å²) in [6.45, 7) is 9.81. The van der Waals surface area contributed by atoms with Gasteiger partial charge in [0.05, 0.1) is 0 Å². The van der Waals surface area contributed by atoms with Crippen molar-refractivity contribution in [1.29, 1.82) is 0 Å². The van der Waals surface area contributed by atoms with E-state index in [1.165, 1.54) is 12.8 Å². The van der Waals surface area contributed by atoms with Crippen molar-refractivity contribution >= 4 is 17.4 Å². The van der Waals surface area contributed by atoms with Crippen molar-refractivity contribution in [2.24, 2.45) is 5.92 Å². The largest absolute Gasteiger partial charge is 0.353 e. The number of anilines is 1. The van der Waals surface area contributed by atoms with Gasteiger partial charge in [0.1, 0.15) is 16.8 Å². The van der Waals surface area contributed by atoms with Gasteiger partial charge in [0.25, 0.3) is 0 Å². The topological polar surface area (TPSA) is 29.0 Å². The van der Waals surface area contributed by atoms with Crippen molar-refractivity contribution in [1.82, 2.24) is 9.97 Å². The highest BCUT2D eigenvalue weighted by molar-refractivity contribution is 6.29. The van der Waals surface area contributed by atoms with Crippen LogP contribution in [0.4, 0.5) is 5.82 Å². The summed E-state index contributed by atoms with van der Waals surface area (Å²) in [6.07, 6.45) is 2.52. The summed E-state index contributed by atoms with van der Waals surface area (Å²) < 4.78 is 0. The van der Waals surface area contributed by atoms with Gasteiger partial charge in [0.15, 0.2) is 0 Å². The molecule has 3 nitrogen and oxygen atoms in total. The summed E-state index contributed by atoms with van der Waals surface area (Å²) in [5.41, 5.74) is 0. The van der Waals surface area contributed by atoms with E-state index in [4.69, 9.17) is 11.6 Å². The molecule has 1 aromatic rings. The van der Waals surface area contributed by atoms with E-state index in [9.17, 15) is 0 Å². The van der Waals surface area contributed by atoms with E-state index in [1.807, 2.05) is 6.07 Å². The van der Waals surface area contributed by atoms with Crippen molar-refractivity contribution in [3.63, 3.8) is 0 Å². The summed E-state index contributed by atoms with van der Waals surface area (Å²) in [7, 11) is 0. The molecule has 0 amide bonds. The fourth-order valence-corrected chi connectivity index (χ4v) is 2.62. The lowest BCUT2D eigenvalue weighted by molar-refractivity contribution is 0.387. The molecule has 0 N–H and O–H groups in total. The predicted molar refractivity (Wildman–Crippen MR) is 76.3 cm³/mol. The van der Waals surface area contributed by atoms with Gasteiger partial charge in [-0.05, 0) is 25.7 Å². The van der Waals surface area contributed by atoms with E-state index in [1.54, 1.807) is 0 Å². The van der Waals surface area contributed by atoms with Crippen molar-refractivity contribution in [3.05, 3.63) is 17.0 Å². The van der Waals surface area contributed by atoms with Crippen LogP contribution in [-0.4, -0.2) is 22.6 Å². The highest BCUT2D eigenvalue weighted by Crippen LogP contribution is 2.28. The van der Waals surface area contributed by atoms with E-state index in [0.29, 0.717) is 17.1 Å². The predicted octanol–water partition coefficient (Wildman–Crippen LogP) is 3.88. The summed E-state index contributed by atoms with van der Waals surface area (Å²) in [5.74, 6) is 2.85. The van der Waals surface area contributed by atoms with Gasteiger partial charge in [-0.1, -0.05) is 32.4 Å². The Bertz CT molecular complexity index is 420. The van der Waals surface area contributed by atoms with Crippen LogP contribution in [0.15, 0.2) is 6.07 Å². The quantitative estimate of drug-likeness (QED) is 0.762. The maximum atomic E-state index is 6.12. The molecular weight excluding hydrogens is 246 g/mol. The Balaban J connectivity index is 2.31. The summed E-state index contributed by atoms with van der Waals surface area (Å²) in [4.78, 5) is 11.3. The molecule has 0 spiro atoms. The second kappa shape index (κ2) is 5.43. The molecule has 1 aliphatic heterocycles. The molecule has 4 heteroatoms. The number of rotatable bonds is 2. The Morgan fingerprint density at radius 2 is 2.00 bits per heavy atom. The molecule has 1 aromatic heterocycles. The lowest BCUT2D eigenvalue weighted by Crippen LogP contribution is -2.41. The standard InChI is InChI=1S/C14H22ClN3/c1-9(2)14-16-12(15)7-13(17-14)18-8-10(3)5-6-11(18)4/h7,9-11H,5-6,8H2,1-4H3. The van der Waals surface area contributed by atoms with E-state index >= 15 is 0 Å². The third-order valence-electron chi connectivity index (χ3n) is 3.63. The number of hydrogen-bond acceptors (Lipinski definition) is 3. The third kappa shape index (κ3) is 2.94. The first-order valence-corrected chi connectivity index (χ1v) is 7.16. The number of halogens is 1. The van der Waals surface area contributed by atoms with Crippen LogP contribution in [0.1, 0.15) is 52.3 Å². The lowest BCUT2D eigenvalue weighted by atomic mass is 9.95. The minimum atomic E-state index is 0.306. The first-order valence-electron chi connectivity index (χ1n) is 6.78. The minimum Gasteiger partial charge on any atom is -0.353 e. The highest BCUT2D eigenvalue weighted by Gasteiger charge is 2.24. The molecule has 0 aromatic carbocycles. The number of hydrogen-bond donors (Lipinski definition) is 0. The van der Waals surface area contributed by atoms with Gasteiger partial charge >= 0.3 is 0 Å². The second-order valence-corrected chi connectivity index (χ2v) is 6.13. The summed E-state index contributed by atoms with van der Waals surface area (Å²) in [5, 5.41) is 0.550. The normalized spacial score (nSPS) is 24.7. The molecule has 0 bridgehead atoms. The Morgan fingerprint density at radius 1 is 1.28 bits per heavy atom. The molecule has 18 heavy (non-hydrogen) atoms. The minimum absolute atomic E-state index is 0.306. The summed E-state index contributed by atoms with van der Waals surface area (Å²) in [6, 6.07) is 2.43. The van der Waals surface area contributed by atoms with Crippen LogP contribution in [0.5, 0.6) is 0 Å². The van der Waals surface area contributed by atoms with E-state index in [-0.39, 0.29) is 0 Å². The zero-order valence-electron chi connectivity index (χ0n) is 11.7. The molecule has 2 heterocycles. The summed E-state index contributed by atoms with van der Waals surface area (Å²) >= 11 is 6.12. The molecule has 100 valence electrons.